The van der Waals surface area contributed by atoms with Gasteiger partial charge in [-0.25, -0.2) is 0 Å². The molecule has 0 aromatic rings. The Bertz CT molecular complexity index is 198. The minimum Gasteiger partial charge on any atom is -0.330 e. The summed E-state index contributed by atoms with van der Waals surface area (Å²) in [7, 11) is 8.39. The van der Waals surface area contributed by atoms with Crippen LogP contribution in [-0.2, 0) is 0 Å². The summed E-state index contributed by atoms with van der Waals surface area (Å²) in [5.74, 6) is 0. The van der Waals surface area contributed by atoms with E-state index in [4.69, 9.17) is 5.73 Å². The average molecular weight is 288 g/mol. The van der Waals surface area contributed by atoms with E-state index in [1.165, 1.54) is 6.42 Å². The van der Waals surface area contributed by atoms with E-state index < -0.39 is 0 Å². The second kappa shape index (κ2) is 13.7. The minimum absolute atomic E-state index is 0.323. The van der Waals surface area contributed by atoms with Crippen LogP contribution in [0.4, 0.5) is 0 Å². The van der Waals surface area contributed by atoms with E-state index in [1.54, 1.807) is 0 Å². The molecule has 0 radical (unpaired) electrons. The second-order valence-corrected chi connectivity index (χ2v) is 5.75. The van der Waals surface area contributed by atoms with Gasteiger partial charge in [0.1, 0.15) is 0 Å². The van der Waals surface area contributed by atoms with Crippen LogP contribution in [0.2, 0.25) is 0 Å². The van der Waals surface area contributed by atoms with E-state index in [0.29, 0.717) is 12.7 Å². The Balaban J connectivity index is 3.49. The fraction of sp³-hybridized carbons (Fsp3) is 1.00. The number of rotatable bonds is 14. The molecule has 0 saturated heterocycles. The molecule has 0 aliphatic rings. The van der Waals surface area contributed by atoms with Gasteiger partial charge in [0.15, 0.2) is 0 Å². The third-order valence-electron chi connectivity index (χ3n) is 3.06. The van der Waals surface area contributed by atoms with Gasteiger partial charge >= 0.3 is 0 Å². The molecule has 1 unspecified atom stereocenters. The lowest BCUT2D eigenvalue weighted by atomic mass is 10.3. The number of nitrogens with zero attached hydrogens (tertiary/aromatic N) is 2. The normalized spacial score (nSPS) is 13.3. The van der Waals surface area contributed by atoms with Gasteiger partial charge in [-0.2, -0.15) is 0 Å². The maximum Gasteiger partial charge on any atom is 0.0584 e. The summed E-state index contributed by atoms with van der Waals surface area (Å²) in [5.41, 5.74) is 5.65. The lowest BCUT2D eigenvalue weighted by Crippen LogP contribution is -2.47. The second-order valence-electron chi connectivity index (χ2n) is 5.75. The van der Waals surface area contributed by atoms with Crippen molar-refractivity contribution in [3.05, 3.63) is 0 Å². The number of nitrogens with two attached hydrogens (primary N) is 1. The van der Waals surface area contributed by atoms with Crippen molar-refractivity contribution in [2.24, 2.45) is 5.73 Å². The quantitative estimate of drug-likeness (QED) is 0.241. The van der Waals surface area contributed by atoms with Gasteiger partial charge in [-0.05, 0) is 60.7 Å². The molecule has 6 nitrogen and oxygen atoms in total. The Morgan fingerprint density at radius 3 is 2.10 bits per heavy atom. The summed E-state index contributed by atoms with van der Waals surface area (Å²) in [4.78, 5) is 4.39. The number of likely N-dealkylation sites (N-methyl/N-ethyl adjacent to an activating group) is 1. The van der Waals surface area contributed by atoms with Crippen molar-refractivity contribution < 1.29 is 0 Å². The summed E-state index contributed by atoms with van der Waals surface area (Å²) in [5, 5.41) is 10.5. The van der Waals surface area contributed by atoms with Crippen molar-refractivity contribution in [3.63, 3.8) is 0 Å². The van der Waals surface area contributed by atoms with Crippen molar-refractivity contribution in [1.29, 1.82) is 0 Å². The molecule has 1 atom stereocenters. The zero-order valence-corrected chi connectivity index (χ0v) is 13.9. The Morgan fingerprint density at radius 1 is 0.850 bits per heavy atom. The monoisotopic (exact) mass is 288 g/mol. The molecule has 0 aromatic carbocycles. The van der Waals surface area contributed by atoms with Gasteiger partial charge < -0.3 is 31.5 Å². The van der Waals surface area contributed by atoms with E-state index in [1.807, 2.05) is 0 Å². The lowest BCUT2D eigenvalue weighted by Gasteiger charge is -2.21. The summed E-state index contributed by atoms with van der Waals surface area (Å²) in [6.45, 7) is 6.94. The summed E-state index contributed by atoms with van der Waals surface area (Å²) in [6.07, 6.45) is 2.48. The Kier molecular flexibility index (Phi) is 13.6. The highest BCUT2D eigenvalue weighted by Gasteiger charge is 2.05. The fourth-order valence-corrected chi connectivity index (χ4v) is 1.89. The zero-order valence-electron chi connectivity index (χ0n) is 13.9. The average Bonchev–Trinajstić information content (AvgIpc) is 2.36. The highest BCUT2D eigenvalue weighted by molar-refractivity contribution is 4.66. The van der Waals surface area contributed by atoms with Crippen molar-refractivity contribution in [2.75, 3.05) is 74.0 Å². The molecule has 122 valence electrons. The van der Waals surface area contributed by atoms with Gasteiger partial charge in [0, 0.05) is 26.2 Å². The van der Waals surface area contributed by atoms with Crippen LogP contribution in [0.15, 0.2) is 0 Å². The van der Waals surface area contributed by atoms with Gasteiger partial charge in [-0.1, -0.05) is 0 Å². The topological polar surface area (TPSA) is 68.6 Å². The standard InChI is InChI=1S/C14H36N6/c1-19(2)12-5-8-16-9-10-17-14(6-7-15)18-11-13-20(3)4/h14,16-18H,5-13,15H2,1-4H3. The molecular weight excluding hydrogens is 252 g/mol. The van der Waals surface area contributed by atoms with Crippen molar-refractivity contribution in [2.45, 2.75) is 19.0 Å². The Hall–Kier alpha value is -0.240. The van der Waals surface area contributed by atoms with Crippen LogP contribution >= 0.6 is 0 Å². The van der Waals surface area contributed by atoms with E-state index in [2.05, 4.69) is 53.9 Å². The van der Waals surface area contributed by atoms with Crippen LogP contribution in [0.3, 0.4) is 0 Å². The first kappa shape index (κ1) is 19.8. The molecule has 0 spiro atoms. The summed E-state index contributed by atoms with van der Waals surface area (Å²) in [6, 6.07) is 0. The van der Waals surface area contributed by atoms with E-state index in [-0.39, 0.29) is 0 Å². The first-order valence-electron chi connectivity index (χ1n) is 7.73. The third kappa shape index (κ3) is 14.2. The first-order valence-corrected chi connectivity index (χ1v) is 7.73. The summed E-state index contributed by atoms with van der Waals surface area (Å²) >= 11 is 0. The lowest BCUT2D eigenvalue weighted by molar-refractivity contribution is 0.351. The molecule has 20 heavy (non-hydrogen) atoms. The van der Waals surface area contributed by atoms with Gasteiger partial charge in [-0.3, -0.25) is 0 Å². The zero-order chi connectivity index (χ0) is 15.2. The highest BCUT2D eigenvalue weighted by atomic mass is 15.2. The molecule has 0 aliphatic heterocycles. The first-order chi connectivity index (χ1) is 9.56. The molecule has 0 heterocycles. The highest BCUT2D eigenvalue weighted by Crippen LogP contribution is 1.85. The molecule has 0 aliphatic carbocycles. The fourth-order valence-electron chi connectivity index (χ4n) is 1.89. The SMILES string of the molecule is CN(C)CCCNCCNC(CCN)NCCN(C)C. The maximum absolute atomic E-state index is 5.65. The van der Waals surface area contributed by atoms with Gasteiger partial charge in [0.2, 0.25) is 0 Å². The Labute approximate surface area is 125 Å². The Morgan fingerprint density at radius 2 is 1.50 bits per heavy atom. The molecule has 0 fully saturated rings. The summed E-state index contributed by atoms with van der Waals surface area (Å²) < 4.78 is 0. The van der Waals surface area contributed by atoms with Gasteiger partial charge in [0.05, 0.1) is 6.17 Å². The molecule has 0 amide bonds. The van der Waals surface area contributed by atoms with Crippen LogP contribution in [0.25, 0.3) is 0 Å². The van der Waals surface area contributed by atoms with Crippen LogP contribution in [0.1, 0.15) is 12.8 Å². The maximum atomic E-state index is 5.65. The number of nitrogens with one attached hydrogen (secondary N) is 3. The van der Waals surface area contributed by atoms with Crippen LogP contribution in [-0.4, -0.2) is 90.0 Å². The predicted molar refractivity (Wildman–Crippen MR) is 88.1 cm³/mol. The van der Waals surface area contributed by atoms with Crippen molar-refractivity contribution in [3.8, 4) is 0 Å². The molecule has 6 heteroatoms. The third-order valence-corrected chi connectivity index (χ3v) is 3.06. The van der Waals surface area contributed by atoms with Crippen LogP contribution < -0.4 is 21.7 Å². The van der Waals surface area contributed by atoms with E-state index in [0.717, 1.165) is 45.7 Å². The number of hydrogen-bond donors (Lipinski definition) is 4. The van der Waals surface area contributed by atoms with Crippen molar-refractivity contribution >= 4 is 0 Å². The predicted octanol–water partition coefficient (Wildman–Crippen LogP) is -1.06. The number of hydrogen-bond acceptors (Lipinski definition) is 6. The van der Waals surface area contributed by atoms with Crippen LogP contribution in [0.5, 0.6) is 0 Å². The largest absolute Gasteiger partial charge is 0.330 e. The molecule has 0 saturated carbocycles. The smallest absolute Gasteiger partial charge is 0.0584 e. The minimum atomic E-state index is 0.323. The van der Waals surface area contributed by atoms with Crippen molar-refractivity contribution in [1.82, 2.24) is 25.8 Å². The molecular formula is C14H36N6. The van der Waals surface area contributed by atoms with Gasteiger partial charge in [-0.15, -0.1) is 0 Å². The van der Waals surface area contributed by atoms with E-state index in [9.17, 15) is 0 Å². The van der Waals surface area contributed by atoms with Crippen LogP contribution in [0, 0.1) is 0 Å². The van der Waals surface area contributed by atoms with Gasteiger partial charge in [0.25, 0.3) is 0 Å². The molecule has 0 aromatic heterocycles. The molecule has 0 rings (SSSR count). The van der Waals surface area contributed by atoms with E-state index >= 15 is 0 Å². The molecule has 5 N–H and O–H groups in total. The molecule has 0 bridgehead atoms.